The molecule has 0 radical (unpaired) electrons. The van der Waals surface area contributed by atoms with E-state index >= 15 is 0 Å². The minimum atomic E-state index is -3.47. The van der Waals surface area contributed by atoms with E-state index in [1.54, 1.807) is 15.2 Å². The zero-order chi connectivity index (χ0) is 14.9. The Morgan fingerprint density at radius 1 is 1.40 bits per heavy atom. The highest BCUT2D eigenvalue weighted by Gasteiger charge is 2.37. The van der Waals surface area contributed by atoms with Crippen LogP contribution >= 0.6 is 0 Å². The highest BCUT2D eigenvalue weighted by atomic mass is 32.2. The SMILES string of the molecule is CC1CC(C)C(C)N(S(=O)(=O)c2cnn(CCN)c2)C1. The summed E-state index contributed by atoms with van der Waals surface area (Å²) in [6, 6.07) is 0.0223. The number of rotatable bonds is 4. The van der Waals surface area contributed by atoms with Gasteiger partial charge in [-0.05, 0) is 25.2 Å². The molecule has 0 aromatic carbocycles. The van der Waals surface area contributed by atoms with Crippen molar-refractivity contribution in [3.63, 3.8) is 0 Å². The zero-order valence-electron chi connectivity index (χ0n) is 12.4. The smallest absolute Gasteiger partial charge is 0.246 e. The van der Waals surface area contributed by atoms with Crippen LogP contribution in [0.1, 0.15) is 27.2 Å². The van der Waals surface area contributed by atoms with Gasteiger partial charge in [-0.2, -0.15) is 9.40 Å². The average molecular weight is 300 g/mol. The van der Waals surface area contributed by atoms with E-state index in [1.165, 1.54) is 6.20 Å². The molecule has 3 atom stereocenters. The van der Waals surface area contributed by atoms with Crippen molar-refractivity contribution in [2.75, 3.05) is 13.1 Å². The van der Waals surface area contributed by atoms with Gasteiger partial charge in [-0.15, -0.1) is 0 Å². The Morgan fingerprint density at radius 3 is 2.75 bits per heavy atom. The maximum Gasteiger partial charge on any atom is 0.246 e. The molecule has 20 heavy (non-hydrogen) atoms. The van der Waals surface area contributed by atoms with E-state index in [4.69, 9.17) is 5.73 Å². The lowest BCUT2D eigenvalue weighted by molar-refractivity contribution is 0.157. The summed E-state index contributed by atoms with van der Waals surface area (Å²) in [6.45, 7) is 7.74. The van der Waals surface area contributed by atoms with Crippen LogP contribution in [0.3, 0.4) is 0 Å². The first-order chi connectivity index (χ1) is 9.36. The summed E-state index contributed by atoms with van der Waals surface area (Å²) in [5, 5.41) is 4.06. The van der Waals surface area contributed by atoms with Crippen LogP contribution in [0.5, 0.6) is 0 Å². The fraction of sp³-hybridized carbons (Fsp3) is 0.769. The first-order valence-electron chi connectivity index (χ1n) is 7.10. The van der Waals surface area contributed by atoms with Crippen LogP contribution in [-0.4, -0.2) is 41.6 Å². The molecule has 1 aliphatic heterocycles. The third kappa shape index (κ3) is 2.89. The summed E-state index contributed by atoms with van der Waals surface area (Å²) in [4.78, 5) is 0.263. The van der Waals surface area contributed by atoms with Gasteiger partial charge in [-0.3, -0.25) is 4.68 Å². The number of hydrogen-bond donors (Lipinski definition) is 1. The van der Waals surface area contributed by atoms with Gasteiger partial charge in [-0.1, -0.05) is 13.8 Å². The van der Waals surface area contributed by atoms with E-state index in [0.29, 0.717) is 31.5 Å². The number of sulfonamides is 1. The van der Waals surface area contributed by atoms with Crippen LogP contribution < -0.4 is 5.73 Å². The van der Waals surface area contributed by atoms with E-state index in [0.717, 1.165) is 6.42 Å². The summed E-state index contributed by atoms with van der Waals surface area (Å²) in [7, 11) is -3.47. The van der Waals surface area contributed by atoms with Gasteiger partial charge in [-0.25, -0.2) is 8.42 Å². The molecule has 1 saturated heterocycles. The molecule has 0 bridgehead atoms. The Labute approximate surface area is 121 Å². The van der Waals surface area contributed by atoms with E-state index < -0.39 is 10.0 Å². The van der Waals surface area contributed by atoms with E-state index in [2.05, 4.69) is 18.9 Å². The molecular weight excluding hydrogens is 276 g/mol. The van der Waals surface area contributed by atoms with Crippen LogP contribution in [0.4, 0.5) is 0 Å². The first kappa shape index (κ1) is 15.5. The predicted molar refractivity (Wildman–Crippen MR) is 77.6 cm³/mol. The third-order valence-electron chi connectivity index (χ3n) is 4.12. The highest BCUT2D eigenvalue weighted by molar-refractivity contribution is 7.89. The lowest BCUT2D eigenvalue weighted by Crippen LogP contribution is -2.48. The van der Waals surface area contributed by atoms with Gasteiger partial charge in [0.2, 0.25) is 10.0 Å². The van der Waals surface area contributed by atoms with Crippen LogP contribution in [0.2, 0.25) is 0 Å². The molecule has 0 saturated carbocycles. The molecule has 1 aromatic rings. The lowest BCUT2D eigenvalue weighted by Gasteiger charge is -2.39. The minimum absolute atomic E-state index is 0.0223. The van der Waals surface area contributed by atoms with E-state index in [9.17, 15) is 8.42 Å². The minimum Gasteiger partial charge on any atom is -0.329 e. The molecular formula is C13H24N4O2S. The Hall–Kier alpha value is -0.920. The van der Waals surface area contributed by atoms with Gasteiger partial charge in [0.1, 0.15) is 4.90 Å². The number of hydrogen-bond acceptors (Lipinski definition) is 4. The van der Waals surface area contributed by atoms with E-state index in [1.807, 2.05) is 6.92 Å². The molecule has 1 fully saturated rings. The summed E-state index contributed by atoms with van der Waals surface area (Å²) in [6.07, 6.45) is 4.06. The third-order valence-corrected chi connectivity index (χ3v) is 6.02. The maximum atomic E-state index is 12.7. The van der Waals surface area contributed by atoms with Crippen molar-refractivity contribution in [2.24, 2.45) is 17.6 Å². The Bertz CT molecular complexity index is 554. The lowest BCUT2D eigenvalue weighted by atomic mass is 9.88. The second-order valence-corrected chi connectivity index (χ2v) is 7.75. The second-order valence-electron chi connectivity index (χ2n) is 5.86. The van der Waals surface area contributed by atoms with Gasteiger partial charge >= 0.3 is 0 Å². The van der Waals surface area contributed by atoms with Gasteiger partial charge in [0.25, 0.3) is 0 Å². The number of piperidine rings is 1. The molecule has 2 rings (SSSR count). The largest absolute Gasteiger partial charge is 0.329 e. The topological polar surface area (TPSA) is 81.2 Å². The normalized spacial score (nSPS) is 28.7. The number of aromatic nitrogens is 2. The monoisotopic (exact) mass is 300 g/mol. The molecule has 1 aromatic heterocycles. The van der Waals surface area contributed by atoms with Crippen molar-refractivity contribution in [3.8, 4) is 0 Å². The molecule has 1 aliphatic rings. The molecule has 0 spiro atoms. The van der Waals surface area contributed by atoms with Gasteiger partial charge in [0, 0.05) is 25.3 Å². The van der Waals surface area contributed by atoms with Crippen molar-refractivity contribution in [1.29, 1.82) is 0 Å². The van der Waals surface area contributed by atoms with Crippen molar-refractivity contribution in [3.05, 3.63) is 12.4 Å². The quantitative estimate of drug-likeness (QED) is 0.895. The van der Waals surface area contributed by atoms with Gasteiger partial charge in [0.15, 0.2) is 0 Å². The van der Waals surface area contributed by atoms with Gasteiger partial charge < -0.3 is 5.73 Å². The standard InChI is InChI=1S/C13H24N4O2S/c1-10-6-11(2)12(3)17(8-10)20(18,19)13-7-15-16(9-13)5-4-14/h7,9-12H,4-6,8,14H2,1-3H3. The van der Waals surface area contributed by atoms with Crippen LogP contribution in [0, 0.1) is 11.8 Å². The molecule has 6 nitrogen and oxygen atoms in total. The van der Waals surface area contributed by atoms with Crippen molar-refractivity contribution in [2.45, 2.75) is 44.7 Å². The average Bonchev–Trinajstić information content (AvgIpc) is 2.83. The first-order valence-corrected chi connectivity index (χ1v) is 8.54. The molecule has 114 valence electrons. The second kappa shape index (κ2) is 5.83. The predicted octanol–water partition coefficient (Wildman–Crippen LogP) is 0.897. The fourth-order valence-electron chi connectivity index (χ4n) is 2.85. The molecule has 2 heterocycles. The van der Waals surface area contributed by atoms with E-state index in [-0.39, 0.29) is 10.9 Å². The highest BCUT2D eigenvalue weighted by Crippen LogP contribution is 2.31. The van der Waals surface area contributed by atoms with Crippen molar-refractivity contribution in [1.82, 2.24) is 14.1 Å². The Morgan fingerprint density at radius 2 is 2.10 bits per heavy atom. The Balaban J connectivity index is 2.28. The maximum absolute atomic E-state index is 12.7. The molecule has 2 N–H and O–H groups in total. The number of nitrogens with zero attached hydrogens (tertiary/aromatic N) is 3. The molecule has 7 heteroatoms. The van der Waals surface area contributed by atoms with Crippen LogP contribution in [0.15, 0.2) is 17.3 Å². The fourth-order valence-corrected chi connectivity index (χ4v) is 4.65. The Kier molecular flexibility index (Phi) is 4.51. The zero-order valence-corrected chi connectivity index (χ0v) is 13.2. The van der Waals surface area contributed by atoms with Crippen molar-refractivity contribution >= 4 is 10.0 Å². The summed E-state index contributed by atoms with van der Waals surface area (Å²) < 4.78 is 28.7. The molecule has 0 aliphatic carbocycles. The molecule has 0 amide bonds. The van der Waals surface area contributed by atoms with Gasteiger partial charge in [0.05, 0.1) is 12.7 Å². The van der Waals surface area contributed by atoms with Crippen molar-refractivity contribution < 1.29 is 8.42 Å². The summed E-state index contributed by atoms with van der Waals surface area (Å²) in [5.74, 6) is 0.752. The van der Waals surface area contributed by atoms with Crippen LogP contribution in [-0.2, 0) is 16.6 Å². The summed E-state index contributed by atoms with van der Waals surface area (Å²) in [5.41, 5.74) is 5.46. The van der Waals surface area contributed by atoms with Crippen LogP contribution in [0.25, 0.3) is 0 Å². The summed E-state index contributed by atoms with van der Waals surface area (Å²) >= 11 is 0. The molecule has 3 unspecified atom stereocenters. The number of nitrogens with two attached hydrogens (primary N) is 1.